The van der Waals surface area contributed by atoms with E-state index in [2.05, 4.69) is 15.2 Å². The van der Waals surface area contributed by atoms with Crippen molar-refractivity contribution in [3.8, 4) is 0 Å². The number of aromatic nitrogens is 3. The number of halogens is 1. The second-order valence-electron chi connectivity index (χ2n) is 3.98. The molecule has 0 spiro atoms. The van der Waals surface area contributed by atoms with Gasteiger partial charge < -0.3 is 4.90 Å². The van der Waals surface area contributed by atoms with E-state index in [0.29, 0.717) is 17.4 Å². The molecule has 0 aliphatic carbocycles. The number of carbonyl (C=O) groups is 1. The molecule has 0 aliphatic rings. The quantitative estimate of drug-likeness (QED) is 0.870. The minimum absolute atomic E-state index is 0.128. The Morgan fingerprint density at radius 2 is 2.26 bits per heavy atom. The summed E-state index contributed by atoms with van der Waals surface area (Å²) in [7, 11) is 1.70. The molecule has 1 heterocycles. The first-order chi connectivity index (χ1) is 9.16. The zero-order valence-corrected chi connectivity index (χ0v) is 11.1. The number of nitrogens with zero attached hydrogens (tertiary/aromatic N) is 3. The van der Waals surface area contributed by atoms with E-state index in [-0.39, 0.29) is 5.91 Å². The first kappa shape index (κ1) is 13.3. The number of amides is 1. The van der Waals surface area contributed by atoms with Crippen LogP contribution in [0.15, 0.2) is 36.7 Å². The lowest BCUT2D eigenvalue weighted by Crippen LogP contribution is -2.24. The summed E-state index contributed by atoms with van der Waals surface area (Å²) in [5.74, 6) is 0.512. The monoisotopic (exact) mass is 276 g/mol. The van der Waals surface area contributed by atoms with Crippen LogP contribution in [0.1, 0.15) is 11.4 Å². The Morgan fingerprint density at radius 1 is 1.47 bits per heavy atom. The highest BCUT2D eigenvalue weighted by atomic mass is 35.5. The van der Waals surface area contributed by atoms with E-state index >= 15 is 0 Å². The fourth-order valence-corrected chi connectivity index (χ4v) is 1.71. The normalized spacial score (nSPS) is 10.8. The van der Waals surface area contributed by atoms with Crippen LogP contribution < -0.4 is 0 Å². The van der Waals surface area contributed by atoms with E-state index in [1.165, 1.54) is 17.3 Å². The Kier molecular flexibility index (Phi) is 4.30. The maximum absolute atomic E-state index is 11.9. The number of likely N-dealkylation sites (N-methyl/N-ethyl adjacent to an activating group) is 1. The number of benzene rings is 1. The molecule has 1 aromatic carbocycles. The van der Waals surface area contributed by atoms with Gasteiger partial charge in [0.05, 0.1) is 6.54 Å². The number of aromatic amines is 1. The molecule has 2 aromatic rings. The van der Waals surface area contributed by atoms with Crippen molar-refractivity contribution >= 4 is 23.6 Å². The molecule has 1 aromatic heterocycles. The van der Waals surface area contributed by atoms with Crippen LogP contribution in [0.25, 0.3) is 6.08 Å². The maximum atomic E-state index is 11.9. The van der Waals surface area contributed by atoms with Gasteiger partial charge in [-0.2, -0.15) is 5.10 Å². The lowest BCUT2D eigenvalue weighted by Gasteiger charge is -2.12. The zero-order chi connectivity index (χ0) is 13.7. The van der Waals surface area contributed by atoms with E-state index in [0.717, 1.165) is 5.56 Å². The molecule has 1 amide bonds. The molecule has 19 heavy (non-hydrogen) atoms. The van der Waals surface area contributed by atoms with E-state index in [1.807, 2.05) is 18.2 Å². The predicted octanol–water partition coefficient (Wildman–Crippen LogP) is 2.13. The summed E-state index contributed by atoms with van der Waals surface area (Å²) in [6, 6.07) is 7.35. The third-order valence-corrected chi connectivity index (χ3v) is 2.88. The summed E-state index contributed by atoms with van der Waals surface area (Å²) in [6.45, 7) is 0.381. The smallest absolute Gasteiger partial charge is 0.246 e. The third kappa shape index (κ3) is 3.66. The molecular weight excluding hydrogens is 264 g/mol. The van der Waals surface area contributed by atoms with Crippen LogP contribution in [-0.4, -0.2) is 33.0 Å². The summed E-state index contributed by atoms with van der Waals surface area (Å²) in [5.41, 5.74) is 0.811. The average Bonchev–Trinajstić information content (AvgIpc) is 2.90. The summed E-state index contributed by atoms with van der Waals surface area (Å²) in [6.07, 6.45) is 4.59. The van der Waals surface area contributed by atoms with Gasteiger partial charge in [0.1, 0.15) is 12.2 Å². The standard InChI is InChI=1S/C13H13ClN4O/c1-18(8-12-15-9-16-17-12)13(19)7-6-10-4-2-3-5-11(10)14/h2-7,9H,8H2,1H3,(H,15,16,17). The fourth-order valence-electron chi connectivity index (χ4n) is 1.51. The van der Waals surface area contributed by atoms with Gasteiger partial charge in [-0.25, -0.2) is 4.98 Å². The molecule has 0 saturated carbocycles. The summed E-state index contributed by atoms with van der Waals surface area (Å²) in [4.78, 5) is 17.4. The van der Waals surface area contributed by atoms with Gasteiger partial charge >= 0.3 is 0 Å². The molecule has 0 fully saturated rings. The molecule has 1 N–H and O–H groups in total. The summed E-state index contributed by atoms with van der Waals surface area (Å²) >= 11 is 6.00. The van der Waals surface area contributed by atoms with E-state index in [1.54, 1.807) is 19.2 Å². The second kappa shape index (κ2) is 6.15. The second-order valence-corrected chi connectivity index (χ2v) is 4.39. The molecule has 2 rings (SSSR count). The van der Waals surface area contributed by atoms with Crippen molar-refractivity contribution in [2.75, 3.05) is 7.05 Å². The molecule has 0 atom stereocenters. The third-order valence-electron chi connectivity index (χ3n) is 2.54. The van der Waals surface area contributed by atoms with Crippen LogP contribution in [0.4, 0.5) is 0 Å². The minimum Gasteiger partial charge on any atom is -0.335 e. The zero-order valence-electron chi connectivity index (χ0n) is 10.4. The van der Waals surface area contributed by atoms with Crippen LogP contribution in [0.5, 0.6) is 0 Å². The molecule has 98 valence electrons. The van der Waals surface area contributed by atoms with Gasteiger partial charge in [-0.15, -0.1) is 0 Å². The Morgan fingerprint density at radius 3 is 2.95 bits per heavy atom. The van der Waals surface area contributed by atoms with Gasteiger partial charge in [-0.05, 0) is 17.7 Å². The minimum atomic E-state index is -0.128. The highest BCUT2D eigenvalue weighted by Gasteiger charge is 2.07. The molecule has 0 radical (unpaired) electrons. The fraction of sp³-hybridized carbons (Fsp3) is 0.154. The molecule has 0 bridgehead atoms. The van der Waals surface area contributed by atoms with Gasteiger partial charge in [-0.3, -0.25) is 9.89 Å². The Hall–Kier alpha value is -2.14. The lowest BCUT2D eigenvalue weighted by atomic mass is 10.2. The van der Waals surface area contributed by atoms with E-state index in [9.17, 15) is 4.79 Å². The predicted molar refractivity (Wildman–Crippen MR) is 73.3 cm³/mol. The molecule has 0 aliphatic heterocycles. The van der Waals surface area contributed by atoms with E-state index in [4.69, 9.17) is 11.6 Å². The van der Waals surface area contributed by atoms with Crippen LogP contribution in [0.3, 0.4) is 0 Å². The lowest BCUT2D eigenvalue weighted by molar-refractivity contribution is -0.125. The van der Waals surface area contributed by atoms with Crippen molar-refractivity contribution < 1.29 is 4.79 Å². The maximum Gasteiger partial charge on any atom is 0.246 e. The van der Waals surface area contributed by atoms with Crippen LogP contribution >= 0.6 is 11.6 Å². The Bertz CT molecular complexity index is 580. The summed E-state index contributed by atoms with van der Waals surface area (Å²) < 4.78 is 0. The van der Waals surface area contributed by atoms with Gasteiger partial charge in [0.25, 0.3) is 0 Å². The SMILES string of the molecule is CN(Cc1ncn[nH]1)C(=O)C=Cc1ccccc1Cl. The largest absolute Gasteiger partial charge is 0.335 e. The molecule has 0 saturated heterocycles. The number of hydrogen-bond donors (Lipinski definition) is 1. The Balaban J connectivity index is 1.99. The van der Waals surface area contributed by atoms with Gasteiger partial charge in [-0.1, -0.05) is 29.8 Å². The highest BCUT2D eigenvalue weighted by Crippen LogP contribution is 2.16. The van der Waals surface area contributed by atoms with Gasteiger partial charge in [0, 0.05) is 18.1 Å². The molecule has 5 nitrogen and oxygen atoms in total. The number of H-pyrrole nitrogens is 1. The Labute approximate surface area is 115 Å². The van der Waals surface area contributed by atoms with Gasteiger partial charge in [0.2, 0.25) is 5.91 Å². The number of rotatable bonds is 4. The molecule has 0 unspecified atom stereocenters. The van der Waals surface area contributed by atoms with Crippen LogP contribution in [0.2, 0.25) is 5.02 Å². The first-order valence-corrected chi connectivity index (χ1v) is 6.06. The van der Waals surface area contributed by atoms with Crippen LogP contribution in [0, 0.1) is 0 Å². The molecule has 6 heteroatoms. The van der Waals surface area contributed by atoms with Crippen molar-refractivity contribution in [2.24, 2.45) is 0 Å². The number of carbonyl (C=O) groups excluding carboxylic acids is 1. The van der Waals surface area contributed by atoms with Crippen molar-refractivity contribution in [1.29, 1.82) is 0 Å². The average molecular weight is 277 g/mol. The first-order valence-electron chi connectivity index (χ1n) is 5.69. The number of hydrogen-bond acceptors (Lipinski definition) is 3. The van der Waals surface area contributed by atoms with Gasteiger partial charge in [0.15, 0.2) is 0 Å². The van der Waals surface area contributed by atoms with Crippen LogP contribution in [-0.2, 0) is 11.3 Å². The molecular formula is C13H13ClN4O. The van der Waals surface area contributed by atoms with E-state index < -0.39 is 0 Å². The topological polar surface area (TPSA) is 61.9 Å². The van der Waals surface area contributed by atoms with Crippen molar-refractivity contribution in [2.45, 2.75) is 6.54 Å². The van der Waals surface area contributed by atoms with Crippen molar-refractivity contribution in [3.63, 3.8) is 0 Å². The number of nitrogens with one attached hydrogen (secondary N) is 1. The summed E-state index contributed by atoms with van der Waals surface area (Å²) in [5, 5.41) is 7.05. The van der Waals surface area contributed by atoms with Crippen molar-refractivity contribution in [3.05, 3.63) is 53.1 Å². The van der Waals surface area contributed by atoms with Crippen molar-refractivity contribution in [1.82, 2.24) is 20.1 Å². The highest BCUT2D eigenvalue weighted by molar-refractivity contribution is 6.32.